The van der Waals surface area contributed by atoms with Crippen LogP contribution in [0.3, 0.4) is 0 Å². The van der Waals surface area contributed by atoms with E-state index in [1.54, 1.807) is 11.3 Å². The summed E-state index contributed by atoms with van der Waals surface area (Å²) in [5.41, 5.74) is -0.489. The molecule has 2 aromatic heterocycles. The molecule has 148 valence electrons. The van der Waals surface area contributed by atoms with E-state index in [1.165, 1.54) is 23.4 Å². The minimum atomic E-state index is -4.51. The number of nitrogens with one attached hydrogen (secondary N) is 2. The predicted octanol–water partition coefficient (Wildman–Crippen LogP) is 2.39. The number of quaternary nitrogens is 1. The molecule has 6 nitrogen and oxygen atoms in total. The van der Waals surface area contributed by atoms with E-state index >= 15 is 0 Å². The van der Waals surface area contributed by atoms with Gasteiger partial charge in [0.2, 0.25) is 0 Å². The van der Waals surface area contributed by atoms with E-state index in [4.69, 9.17) is 0 Å². The highest BCUT2D eigenvalue weighted by atomic mass is 32.1. The summed E-state index contributed by atoms with van der Waals surface area (Å²) in [5, 5.41) is 8.52. The van der Waals surface area contributed by atoms with Crippen LogP contribution >= 0.6 is 11.3 Å². The maximum Gasteiger partial charge on any atom is 0.416 e. The molecule has 0 saturated carbocycles. The molecule has 3 aromatic rings. The molecule has 1 unspecified atom stereocenters. The van der Waals surface area contributed by atoms with E-state index in [9.17, 15) is 18.0 Å². The molecule has 1 amide bonds. The lowest BCUT2D eigenvalue weighted by molar-refractivity contribution is -0.903. The van der Waals surface area contributed by atoms with Gasteiger partial charge in [0.1, 0.15) is 19.2 Å². The zero-order chi connectivity index (χ0) is 20.1. The van der Waals surface area contributed by atoms with Crippen LogP contribution in [0.2, 0.25) is 0 Å². The van der Waals surface area contributed by atoms with Crippen LogP contribution < -0.4 is 10.2 Å². The second-order valence-electron chi connectivity index (χ2n) is 6.15. The molecular formula is C18H19F3N5OS+. The fourth-order valence-corrected chi connectivity index (χ4v) is 3.51. The molecule has 0 radical (unpaired) electrons. The zero-order valence-electron chi connectivity index (χ0n) is 15.0. The van der Waals surface area contributed by atoms with E-state index in [0.717, 1.165) is 21.9 Å². The number of alkyl halides is 3. The van der Waals surface area contributed by atoms with Crippen LogP contribution in [-0.2, 0) is 17.5 Å². The van der Waals surface area contributed by atoms with Gasteiger partial charge in [-0.2, -0.15) is 18.3 Å². The van der Waals surface area contributed by atoms with Crippen molar-refractivity contribution in [2.75, 3.05) is 18.4 Å². The SMILES string of the molecule is CC[NH+](CC(=O)Nc1cc(C(F)(F)F)ccc1-n1cncn1)Cc1cccs1. The number of rotatable bonds is 7. The molecule has 1 aromatic carbocycles. The van der Waals surface area contributed by atoms with Crippen LogP contribution in [-0.4, -0.2) is 33.8 Å². The summed E-state index contributed by atoms with van der Waals surface area (Å²) in [6.07, 6.45) is -1.88. The summed E-state index contributed by atoms with van der Waals surface area (Å²) >= 11 is 1.61. The van der Waals surface area contributed by atoms with Crippen LogP contribution in [0.25, 0.3) is 5.69 Å². The number of thiophene rings is 1. The van der Waals surface area contributed by atoms with Crippen molar-refractivity contribution in [2.24, 2.45) is 0 Å². The highest BCUT2D eigenvalue weighted by molar-refractivity contribution is 7.09. The number of halogens is 3. The molecule has 2 heterocycles. The molecular weight excluding hydrogens is 391 g/mol. The molecule has 0 aliphatic carbocycles. The van der Waals surface area contributed by atoms with Gasteiger partial charge in [-0.05, 0) is 36.6 Å². The molecule has 10 heteroatoms. The summed E-state index contributed by atoms with van der Waals surface area (Å²) in [6.45, 7) is 3.49. The second kappa shape index (κ2) is 8.53. The van der Waals surface area contributed by atoms with Crippen molar-refractivity contribution in [3.05, 3.63) is 58.8 Å². The third kappa shape index (κ3) is 4.96. The largest absolute Gasteiger partial charge is 0.416 e. The van der Waals surface area contributed by atoms with Crippen molar-refractivity contribution in [2.45, 2.75) is 19.6 Å². The Kier molecular flexibility index (Phi) is 6.10. The zero-order valence-corrected chi connectivity index (χ0v) is 15.8. The minimum absolute atomic E-state index is 0.0388. The molecule has 0 bridgehead atoms. The molecule has 0 aliphatic heterocycles. The maximum atomic E-state index is 13.1. The first-order chi connectivity index (χ1) is 13.4. The van der Waals surface area contributed by atoms with Crippen LogP contribution in [0.4, 0.5) is 18.9 Å². The van der Waals surface area contributed by atoms with Crippen LogP contribution in [0.1, 0.15) is 17.4 Å². The maximum absolute atomic E-state index is 13.1. The van der Waals surface area contributed by atoms with Gasteiger partial charge in [-0.1, -0.05) is 6.07 Å². The molecule has 1 atom stereocenters. The fraction of sp³-hybridized carbons (Fsp3) is 0.278. The van der Waals surface area contributed by atoms with E-state index < -0.39 is 11.7 Å². The highest BCUT2D eigenvalue weighted by Gasteiger charge is 2.31. The molecule has 0 aliphatic rings. The Morgan fingerprint density at radius 1 is 1.32 bits per heavy atom. The summed E-state index contributed by atoms with van der Waals surface area (Å²) in [6, 6.07) is 7.07. The predicted molar refractivity (Wildman–Crippen MR) is 99.4 cm³/mol. The van der Waals surface area contributed by atoms with Gasteiger partial charge in [0.05, 0.1) is 28.4 Å². The first kappa shape index (κ1) is 20.0. The highest BCUT2D eigenvalue weighted by Crippen LogP contribution is 2.33. The molecule has 0 saturated heterocycles. The van der Waals surface area contributed by atoms with Crippen LogP contribution in [0.5, 0.6) is 0 Å². The Bertz CT molecular complexity index is 910. The van der Waals surface area contributed by atoms with Crippen molar-refractivity contribution >= 4 is 22.9 Å². The summed E-state index contributed by atoms with van der Waals surface area (Å²) in [5.74, 6) is -0.367. The van der Waals surface area contributed by atoms with E-state index in [1.807, 2.05) is 24.4 Å². The van der Waals surface area contributed by atoms with Crippen LogP contribution in [0, 0.1) is 0 Å². The molecule has 0 spiro atoms. The Morgan fingerprint density at radius 3 is 2.75 bits per heavy atom. The van der Waals surface area contributed by atoms with Crippen molar-refractivity contribution in [3.63, 3.8) is 0 Å². The normalized spacial score (nSPS) is 12.7. The van der Waals surface area contributed by atoms with Gasteiger partial charge in [0, 0.05) is 0 Å². The standard InChI is InChI=1S/C18H18F3N5OS/c1-2-25(9-14-4-3-7-28-14)10-17(27)24-15-8-13(18(19,20)21)5-6-16(15)26-12-22-11-23-26/h3-8,11-12H,2,9-10H2,1H3,(H,24,27)/p+1. The number of hydrogen-bond donors (Lipinski definition) is 2. The van der Waals surface area contributed by atoms with Gasteiger partial charge in [-0.15, -0.1) is 11.3 Å². The number of likely N-dealkylation sites (N-methyl/N-ethyl adjacent to an activating group) is 1. The Labute approximate surface area is 163 Å². The van der Waals surface area contributed by atoms with Gasteiger partial charge in [0.15, 0.2) is 6.54 Å². The van der Waals surface area contributed by atoms with E-state index in [-0.39, 0.29) is 18.1 Å². The van der Waals surface area contributed by atoms with Crippen molar-refractivity contribution in [3.8, 4) is 5.69 Å². The Morgan fingerprint density at radius 2 is 2.14 bits per heavy atom. The van der Waals surface area contributed by atoms with E-state index in [0.29, 0.717) is 18.8 Å². The minimum Gasteiger partial charge on any atom is -0.323 e. The lowest BCUT2D eigenvalue weighted by Crippen LogP contribution is -3.11. The number of hydrogen-bond acceptors (Lipinski definition) is 4. The number of aromatic nitrogens is 3. The fourth-order valence-electron chi connectivity index (χ4n) is 2.74. The van der Waals surface area contributed by atoms with Crippen molar-refractivity contribution in [1.29, 1.82) is 0 Å². The molecule has 0 fully saturated rings. The quantitative estimate of drug-likeness (QED) is 0.629. The summed E-state index contributed by atoms with van der Waals surface area (Å²) < 4.78 is 40.6. The number of carbonyl (C=O) groups is 1. The van der Waals surface area contributed by atoms with Crippen molar-refractivity contribution < 1.29 is 22.9 Å². The van der Waals surface area contributed by atoms with Crippen LogP contribution in [0.15, 0.2) is 48.4 Å². The summed E-state index contributed by atoms with van der Waals surface area (Å²) in [4.78, 5) is 18.5. The molecule has 28 heavy (non-hydrogen) atoms. The summed E-state index contributed by atoms with van der Waals surface area (Å²) in [7, 11) is 0. The first-order valence-electron chi connectivity index (χ1n) is 8.59. The van der Waals surface area contributed by atoms with Gasteiger partial charge in [0.25, 0.3) is 5.91 Å². The van der Waals surface area contributed by atoms with Gasteiger partial charge < -0.3 is 10.2 Å². The third-order valence-electron chi connectivity index (χ3n) is 4.18. The monoisotopic (exact) mass is 410 g/mol. The number of benzene rings is 1. The third-order valence-corrected chi connectivity index (χ3v) is 5.05. The average molecular weight is 410 g/mol. The number of carbonyl (C=O) groups excluding carboxylic acids is 1. The van der Waals surface area contributed by atoms with E-state index in [2.05, 4.69) is 15.4 Å². The van der Waals surface area contributed by atoms with Gasteiger partial charge >= 0.3 is 6.18 Å². The average Bonchev–Trinajstić information content (AvgIpc) is 3.34. The Balaban J connectivity index is 1.79. The first-order valence-corrected chi connectivity index (χ1v) is 9.47. The van der Waals surface area contributed by atoms with Crippen molar-refractivity contribution in [1.82, 2.24) is 14.8 Å². The van der Waals surface area contributed by atoms with Gasteiger partial charge in [-0.25, -0.2) is 9.67 Å². The van der Waals surface area contributed by atoms with Gasteiger partial charge in [-0.3, -0.25) is 4.79 Å². The smallest absolute Gasteiger partial charge is 0.323 e. The number of anilines is 1. The number of nitrogens with zero attached hydrogens (tertiary/aromatic N) is 3. The second-order valence-corrected chi connectivity index (χ2v) is 7.19. The topological polar surface area (TPSA) is 64.2 Å². The lowest BCUT2D eigenvalue weighted by atomic mass is 10.1. The number of amides is 1. The lowest BCUT2D eigenvalue weighted by Gasteiger charge is -2.18. The molecule has 3 rings (SSSR count). The molecule has 2 N–H and O–H groups in total. The Hall–Kier alpha value is -2.72.